The molecule has 5 heteroatoms. The third-order valence-electron chi connectivity index (χ3n) is 1.04. The molecule has 0 fully saturated rings. The second kappa shape index (κ2) is 4.65. The first-order valence-electron chi connectivity index (χ1n) is 3.14. The minimum atomic E-state index is -2.98. The molecule has 0 aliphatic carbocycles. The molecular formula is C5H13NO3S. The maximum atomic E-state index is 10.8. The first kappa shape index (κ1) is 9.87. The van der Waals surface area contributed by atoms with Crippen LogP contribution in [0.25, 0.3) is 0 Å². The Morgan fingerprint density at radius 3 is 2.30 bits per heavy atom. The van der Waals surface area contributed by atoms with Gasteiger partial charge < -0.3 is 10.8 Å². The molecule has 0 aromatic carbocycles. The highest BCUT2D eigenvalue weighted by atomic mass is 32.2. The largest absolute Gasteiger partial charge is 0.396 e. The van der Waals surface area contributed by atoms with E-state index in [4.69, 9.17) is 10.8 Å². The summed E-state index contributed by atoms with van der Waals surface area (Å²) in [5, 5.41) is 8.30. The Morgan fingerprint density at radius 2 is 1.90 bits per heavy atom. The third-order valence-corrected chi connectivity index (χ3v) is 2.81. The fraction of sp³-hybridized carbons (Fsp3) is 1.00. The molecule has 0 aromatic rings. The molecule has 0 bridgehead atoms. The predicted molar refractivity (Wildman–Crippen MR) is 39.4 cm³/mol. The molecule has 0 aliphatic rings. The molecule has 0 spiro atoms. The summed E-state index contributed by atoms with van der Waals surface area (Å²) < 4.78 is 21.6. The van der Waals surface area contributed by atoms with E-state index in [1.807, 2.05) is 0 Å². The van der Waals surface area contributed by atoms with Crippen LogP contribution in [0.3, 0.4) is 0 Å². The van der Waals surface area contributed by atoms with Crippen LogP contribution in [-0.2, 0) is 9.84 Å². The van der Waals surface area contributed by atoms with Gasteiger partial charge in [0.2, 0.25) is 0 Å². The van der Waals surface area contributed by atoms with E-state index in [-0.39, 0.29) is 24.7 Å². The Labute approximate surface area is 61.0 Å². The van der Waals surface area contributed by atoms with Gasteiger partial charge in [0.1, 0.15) is 0 Å². The first-order chi connectivity index (χ1) is 4.62. The van der Waals surface area contributed by atoms with Crippen LogP contribution in [0.1, 0.15) is 6.42 Å². The molecular weight excluding hydrogens is 154 g/mol. The fourth-order valence-corrected chi connectivity index (χ4v) is 1.70. The van der Waals surface area contributed by atoms with Crippen LogP contribution in [0.4, 0.5) is 0 Å². The lowest BCUT2D eigenvalue weighted by Gasteiger charge is -1.98. The number of rotatable bonds is 5. The van der Waals surface area contributed by atoms with Crippen molar-refractivity contribution in [2.24, 2.45) is 5.73 Å². The van der Waals surface area contributed by atoms with E-state index >= 15 is 0 Å². The van der Waals surface area contributed by atoms with Gasteiger partial charge in [0.15, 0.2) is 9.84 Å². The van der Waals surface area contributed by atoms with Crippen LogP contribution >= 0.6 is 0 Å². The lowest BCUT2D eigenvalue weighted by molar-refractivity contribution is 0.295. The van der Waals surface area contributed by atoms with Gasteiger partial charge in [-0.15, -0.1) is 0 Å². The van der Waals surface area contributed by atoms with Gasteiger partial charge in [-0.05, 0) is 6.42 Å². The van der Waals surface area contributed by atoms with Gasteiger partial charge in [0.05, 0.1) is 11.5 Å². The molecule has 0 amide bonds. The predicted octanol–water partition coefficient (Wildman–Crippen LogP) is -1.26. The van der Waals surface area contributed by atoms with E-state index < -0.39 is 9.84 Å². The molecule has 0 rings (SSSR count). The van der Waals surface area contributed by atoms with Crippen molar-refractivity contribution in [3.8, 4) is 0 Å². The molecule has 0 saturated heterocycles. The smallest absolute Gasteiger partial charge is 0.151 e. The van der Waals surface area contributed by atoms with Crippen LogP contribution in [0.5, 0.6) is 0 Å². The standard InChI is InChI=1S/C5H13NO3S/c6-2-5-10(8,9)4-1-3-7/h7H,1-6H2. The van der Waals surface area contributed by atoms with E-state index in [9.17, 15) is 8.42 Å². The van der Waals surface area contributed by atoms with E-state index in [1.165, 1.54) is 0 Å². The third kappa shape index (κ3) is 4.72. The highest BCUT2D eigenvalue weighted by molar-refractivity contribution is 7.91. The van der Waals surface area contributed by atoms with E-state index in [0.29, 0.717) is 6.42 Å². The molecule has 0 unspecified atom stereocenters. The SMILES string of the molecule is NCCS(=O)(=O)CCCO. The number of hydrogen-bond donors (Lipinski definition) is 2. The van der Waals surface area contributed by atoms with Crippen molar-refractivity contribution in [2.45, 2.75) is 6.42 Å². The molecule has 0 atom stereocenters. The maximum absolute atomic E-state index is 10.8. The summed E-state index contributed by atoms with van der Waals surface area (Å²) in [5.41, 5.74) is 5.04. The van der Waals surface area contributed by atoms with Crippen molar-refractivity contribution in [1.29, 1.82) is 0 Å². The van der Waals surface area contributed by atoms with Gasteiger partial charge >= 0.3 is 0 Å². The Kier molecular flexibility index (Phi) is 4.59. The van der Waals surface area contributed by atoms with Crippen molar-refractivity contribution in [3.63, 3.8) is 0 Å². The van der Waals surface area contributed by atoms with Crippen LogP contribution in [0.2, 0.25) is 0 Å². The van der Waals surface area contributed by atoms with Gasteiger partial charge in [0.25, 0.3) is 0 Å². The van der Waals surface area contributed by atoms with Gasteiger partial charge in [-0.1, -0.05) is 0 Å². The maximum Gasteiger partial charge on any atom is 0.151 e. The van der Waals surface area contributed by atoms with Crippen molar-refractivity contribution in [1.82, 2.24) is 0 Å². The summed E-state index contributed by atoms with van der Waals surface area (Å²) >= 11 is 0. The molecule has 0 radical (unpaired) electrons. The number of aliphatic hydroxyl groups excluding tert-OH is 1. The zero-order valence-electron chi connectivity index (χ0n) is 5.78. The zero-order chi connectivity index (χ0) is 8.04. The van der Waals surface area contributed by atoms with Crippen molar-refractivity contribution in [3.05, 3.63) is 0 Å². The highest BCUT2D eigenvalue weighted by Crippen LogP contribution is 1.91. The van der Waals surface area contributed by atoms with Gasteiger partial charge in [-0.3, -0.25) is 0 Å². The van der Waals surface area contributed by atoms with Crippen LogP contribution in [-0.4, -0.2) is 38.2 Å². The summed E-state index contributed by atoms with van der Waals surface area (Å²) in [6.07, 6.45) is 0.308. The highest BCUT2D eigenvalue weighted by Gasteiger charge is 2.07. The molecule has 3 N–H and O–H groups in total. The van der Waals surface area contributed by atoms with Gasteiger partial charge in [-0.2, -0.15) is 0 Å². The van der Waals surface area contributed by atoms with Crippen molar-refractivity contribution < 1.29 is 13.5 Å². The number of sulfone groups is 1. The second-order valence-electron chi connectivity index (χ2n) is 2.02. The molecule has 0 aromatic heterocycles. The molecule has 0 aliphatic heterocycles. The Bertz CT molecular complexity index is 164. The Hall–Kier alpha value is -0.130. The molecule has 62 valence electrons. The normalized spacial score (nSPS) is 11.8. The Morgan fingerprint density at radius 1 is 1.30 bits per heavy atom. The summed E-state index contributed by atoms with van der Waals surface area (Å²) in [6, 6.07) is 0. The minimum absolute atomic E-state index is 0.0208. The first-order valence-corrected chi connectivity index (χ1v) is 4.96. The lowest BCUT2D eigenvalue weighted by atomic mass is 10.5. The summed E-state index contributed by atoms with van der Waals surface area (Å²) in [4.78, 5) is 0. The summed E-state index contributed by atoms with van der Waals surface area (Å²) in [7, 11) is -2.98. The Balaban J connectivity index is 3.65. The van der Waals surface area contributed by atoms with Crippen LogP contribution in [0, 0.1) is 0 Å². The monoisotopic (exact) mass is 167 g/mol. The van der Waals surface area contributed by atoms with E-state index in [2.05, 4.69) is 0 Å². The quantitative estimate of drug-likeness (QED) is 0.535. The van der Waals surface area contributed by atoms with Crippen LogP contribution < -0.4 is 5.73 Å². The van der Waals surface area contributed by atoms with Gasteiger partial charge in [-0.25, -0.2) is 8.42 Å². The van der Waals surface area contributed by atoms with Gasteiger partial charge in [0, 0.05) is 13.2 Å². The molecule has 10 heavy (non-hydrogen) atoms. The zero-order valence-corrected chi connectivity index (χ0v) is 6.60. The number of hydrogen-bond acceptors (Lipinski definition) is 4. The summed E-state index contributed by atoms with van der Waals surface area (Å²) in [5.74, 6) is 0.0632. The minimum Gasteiger partial charge on any atom is -0.396 e. The second-order valence-corrected chi connectivity index (χ2v) is 4.32. The molecule has 4 nitrogen and oxygen atoms in total. The molecule has 0 saturated carbocycles. The average Bonchev–Trinajstić information content (AvgIpc) is 1.84. The van der Waals surface area contributed by atoms with E-state index in [1.54, 1.807) is 0 Å². The molecule has 0 heterocycles. The van der Waals surface area contributed by atoms with Crippen molar-refractivity contribution >= 4 is 9.84 Å². The fourth-order valence-electron chi connectivity index (χ4n) is 0.566. The average molecular weight is 167 g/mol. The van der Waals surface area contributed by atoms with E-state index in [0.717, 1.165) is 0 Å². The lowest BCUT2D eigenvalue weighted by Crippen LogP contribution is -2.18. The van der Waals surface area contributed by atoms with Crippen LogP contribution in [0.15, 0.2) is 0 Å². The topological polar surface area (TPSA) is 80.4 Å². The van der Waals surface area contributed by atoms with Crippen molar-refractivity contribution in [2.75, 3.05) is 24.7 Å². The summed E-state index contributed by atoms with van der Waals surface area (Å²) in [6.45, 7) is 0.0809. The number of nitrogens with two attached hydrogens (primary N) is 1. The number of aliphatic hydroxyl groups is 1.